The third-order valence-electron chi connectivity index (χ3n) is 2.50. The molecule has 2 aromatic rings. The number of nitrogens with zero attached hydrogens (tertiary/aromatic N) is 1. The SMILES string of the molecule is O=[N+]([O-])c1cccc(-c2ccc(O)c(O)c2O)c1. The van der Waals surface area contributed by atoms with Crippen molar-refractivity contribution in [1.29, 1.82) is 0 Å². The van der Waals surface area contributed by atoms with Crippen molar-refractivity contribution in [2.24, 2.45) is 0 Å². The topological polar surface area (TPSA) is 104 Å². The molecule has 0 saturated carbocycles. The van der Waals surface area contributed by atoms with E-state index in [4.69, 9.17) is 0 Å². The normalized spacial score (nSPS) is 10.2. The van der Waals surface area contributed by atoms with E-state index in [1.54, 1.807) is 6.07 Å². The van der Waals surface area contributed by atoms with Crippen molar-refractivity contribution in [2.75, 3.05) is 0 Å². The van der Waals surface area contributed by atoms with Crippen molar-refractivity contribution >= 4 is 5.69 Å². The summed E-state index contributed by atoms with van der Waals surface area (Å²) >= 11 is 0. The predicted molar refractivity (Wildman–Crippen MR) is 63.5 cm³/mol. The second kappa shape index (κ2) is 4.25. The third kappa shape index (κ3) is 1.91. The first-order chi connectivity index (χ1) is 8.50. The molecule has 6 nitrogen and oxygen atoms in total. The first-order valence-electron chi connectivity index (χ1n) is 4.99. The van der Waals surface area contributed by atoms with Crippen molar-refractivity contribution in [3.05, 3.63) is 46.5 Å². The minimum Gasteiger partial charge on any atom is -0.504 e. The maximum atomic E-state index is 10.6. The van der Waals surface area contributed by atoms with Crippen LogP contribution >= 0.6 is 0 Å². The summed E-state index contributed by atoms with van der Waals surface area (Å²) in [6, 6.07) is 8.17. The van der Waals surface area contributed by atoms with Crippen LogP contribution in [0.1, 0.15) is 0 Å². The smallest absolute Gasteiger partial charge is 0.270 e. The highest BCUT2D eigenvalue weighted by molar-refractivity contribution is 5.76. The molecule has 0 aliphatic heterocycles. The standard InChI is InChI=1S/C12H9NO5/c14-10-5-4-9(11(15)12(10)16)7-2-1-3-8(6-7)13(17)18/h1-6,14-16H. The van der Waals surface area contributed by atoms with Gasteiger partial charge in [0.2, 0.25) is 5.75 Å². The molecule has 3 N–H and O–H groups in total. The summed E-state index contributed by atoms with van der Waals surface area (Å²) < 4.78 is 0. The highest BCUT2D eigenvalue weighted by Gasteiger charge is 2.14. The van der Waals surface area contributed by atoms with Crippen molar-refractivity contribution in [2.45, 2.75) is 0 Å². The molecule has 0 atom stereocenters. The van der Waals surface area contributed by atoms with Gasteiger partial charge in [-0.3, -0.25) is 10.1 Å². The van der Waals surface area contributed by atoms with Gasteiger partial charge in [0.15, 0.2) is 11.5 Å². The number of hydrogen-bond acceptors (Lipinski definition) is 5. The number of non-ortho nitro benzene ring substituents is 1. The predicted octanol–water partition coefficient (Wildman–Crippen LogP) is 2.38. The van der Waals surface area contributed by atoms with E-state index in [9.17, 15) is 25.4 Å². The molecule has 0 heterocycles. The number of benzene rings is 2. The van der Waals surface area contributed by atoms with Gasteiger partial charge in [-0.1, -0.05) is 12.1 Å². The number of phenolic OH excluding ortho intramolecular Hbond substituents is 3. The van der Waals surface area contributed by atoms with E-state index in [1.807, 2.05) is 0 Å². The Morgan fingerprint density at radius 2 is 1.72 bits per heavy atom. The molecule has 0 amide bonds. The van der Waals surface area contributed by atoms with Gasteiger partial charge in [-0.05, 0) is 17.7 Å². The second-order valence-corrected chi connectivity index (χ2v) is 3.64. The number of hydrogen-bond donors (Lipinski definition) is 3. The number of phenols is 3. The molecule has 6 heteroatoms. The van der Waals surface area contributed by atoms with Gasteiger partial charge in [0.05, 0.1) is 4.92 Å². The molecule has 2 aromatic carbocycles. The van der Waals surface area contributed by atoms with Crippen LogP contribution in [0.5, 0.6) is 17.2 Å². The quantitative estimate of drug-likeness (QED) is 0.429. The highest BCUT2D eigenvalue weighted by Crippen LogP contribution is 2.42. The minimum atomic E-state index is -0.654. The molecule has 0 spiro atoms. The Morgan fingerprint density at radius 3 is 2.39 bits per heavy atom. The first kappa shape index (κ1) is 11.7. The molecule has 0 unspecified atom stereocenters. The van der Waals surface area contributed by atoms with Gasteiger partial charge in [0, 0.05) is 17.7 Å². The maximum absolute atomic E-state index is 10.6. The third-order valence-corrected chi connectivity index (χ3v) is 2.50. The van der Waals surface area contributed by atoms with Gasteiger partial charge < -0.3 is 15.3 Å². The van der Waals surface area contributed by atoms with Gasteiger partial charge in [-0.25, -0.2) is 0 Å². The lowest BCUT2D eigenvalue weighted by Gasteiger charge is -2.07. The molecule has 0 fully saturated rings. The monoisotopic (exact) mass is 247 g/mol. The van der Waals surface area contributed by atoms with E-state index in [0.717, 1.165) is 0 Å². The zero-order valence-corrected chi connectivity index (χ0v) is 9.07. The van der Waals surface area contributed by atoms with E-state index in [1.165, 1.54) is 30.3 Å². The molecular weight excluding hydrogens is 238 g/mol. The average molecular weight is 247 g/mol. The highest BCUT2D eigenvalue weighted by atomic mass is 16.6. The van der Waals surface area contributed by atoms with Crippen LogP contribution < -0.4 is 0 Å². The largest absolute Gasteiger partial charge is 0.504 e. The molecule has 0 radical (unpaired) electrons. The van der Waals surface area contributed by atoms with Crippen LogP contribution in [-0.2, 0) is 0 Å². The first-order valence-corrected chi connectivity index (χ1v) is 4.99. The zero-order chi connectivity index (χ0) is 13.3. The van der Waals surface area contributed by atoms with Crippen LogP contribution in [-0.4, -0.2) is 20.2 Å². The van der Waals surface area contributed by atoms with Crippen LogP contribution in [0.2, 0.25) is 0 Å². The van der Waals surface area contributed by atoms with Crippen LogP contribution in [0, 0.1) is 10.1 Å². The lowest BCUT2D eigenvalue weighted by Crippen LogP contribution is -1.88. The summed E-state index contributed by atoms with van der Waals surface area (Å²) in [7, 11) is 0. The Balaban J connectivity index is 2.59. The maximum Gasteiger partial charge on any atom is 0.270 e. The molecular formula is C12H9NO5. The van der Waals surface area contributed by atoms with Gasteiger partial charge in [0.25, 0.3) is 5.69 Å². The van der Waals surface area contributed by atoms with Crippen molar-refractivity contribution in [1.82, 2.24) is 0 Å². The van der Waals surface area contributed by atoms with Gasteiger partial charge in [-0.2, -0.15) is 0 Å². The summed E-state index contributed by atoms with van der Waals surface area (Å²) in [5, 5.41) is 38.9. The molecule has 0 bridgehead atoms. The lowest BCUT2D eigenvalue weighted by molar-refractivity contribution is -0.384. The fraction of sp³-hybridized carbons (Fsp3) is 0. The Bertz CT molecular complexity index is 624. The van der Waals surface area contributed by atoms with Crippen molar-refractivity contribution < 1.29 is 20.2 Å². The van der Waals surface area contributed by atoms with Crippen LogP contribution in [0.15, 0.2) is 36.4 Å². The van der Waals surface area contributed by atoms with Crippen LogP contribution in [0.25, 0.3) is 11.1 Å². The minimum absolute atomic E-state index is 0.125. The van der Waals surface area contributed by atoms with Gasteiger partial charge >= 0.3 is 0 Å². The van der Waals surface area contributed by atoms with E-state index < -0.39 is 22.2 Å². The van der Waals surface area contributed by atoms with E-state index in [2.05, 4.69) is 0 Å². The van der Waals surface area contributed by atoms with Crippen LogP contribution in [0.4, 0.5) is 5.69 Å². The van der Waals surface area contributed by atoms with E-state index in [-0.39, 0.29) is 11.3 Å². The summed E-state index contributed by atoms with van der Waals surface area (Å²) in [5.41, 5.74) is 0.450. The summed E-state index contributed by atoms with van der Waals surface area (Å²) in [6.07, 6.45) is 0. The Kier molecular flexibility index (Phi) is 2.77. The molecule has 0 aromatic heterocycles. The number of rotatable bonds is 2. The molecule has 92 valence electrons. The van der Waals surface area contributed by atoms with E-state index in [0.29, 0.717) is 5.56 Å². The van der Waals surface area contributed by atoms with Crippen molar-refractivity contribution in [3.8, 4) is 28.4 Å². The molecule has 2 rings (SSSR count). The molecule has 0 aliphatic rings. The van der Waals surface area contributed by atoms with E-state index >= 15 is 0 Å². The summed E-state index contributed by atoms with van der Waals surface area (Å²) in [5.74, 6) is -1.63. The molecule has 0 saturated heterocycles. The Hall–Kier alpha value is -2.76. The molecule has 18 heavy (non-hydrogen) atoms. The van der Waals surface area contributed by atoms with Crippen molar-refractivity contribution in [3.63, 3.8) is 0 Å². The lowest BCUT2D eigenvalue weighted by atomic mass is 10.0. The number of nitro groups is 1. The molecule has 0 aliphatic carbocycles. The fourth-order valence-electron chi connectivity index (χ4n) is 1.59. The number of aromatic hydroxyl groups is 3. The summed E-state index contributed by atoms with van der Waals surface area (Å²) in [6.45, 7) is 0. The number of nitro benzene ring substituents is 1. The van der Waals surface area contributed by atoms with Gasteiger partial charge in [0.1, 0.15) is 0 Å². The Labute approximate surface area is 102 Å². The average Bonchev–Trinajstić information content (AvgIpc) is 2.36. The zero-order valence-electron chi connectivity index (χ0n) is 9.07. The van der Waals surface area contributed by atoms with Gasteiger partial charge in [-0.15, -0.1) is 0 Å². The summed E-state index contributed by atoms with van der Waals surface area (Å²) in [4.78, 5) is 10.1. The fourth-order valence-corrected chi connectivity index (χ4v) is 1.59. The second-order valence-electron chi connectivity index (χ2n) is 3.64. The Morgan fingerprint density at radius 1 is 1.00 bits per heavy atom. The van der Waals surface area contributed by atoms with Crippen LogP contribution in [0.3, 0.4) is 0 Å².